The lowest BCUT2D eigenvalue weighted by molar-refractivity contribution is -0.164. The maximum atomic E-state index is 12.5. The van der Waals surface area contributed by atoms with Crippen LogP contribution in [0.25, 0.3) is 0 Å². The lowest BCUT2D eigenvalue weighted by Crippen LogP contribution is -2.57. The molecule has 1 aromatic rings. The lowest BCUT2D eigenvalue weighted by Gasteiger charge is -2.30. The number of carbonyl (C=O) groups excluding carboxylic acids is 2. The Kier molecular flexibility index (Phi) is 12.7. The molecule has 6 heteroatoms. The maximum Gasteiger partial charge on any atom is 0.337 e. The van der Waals surface area contributed by atoms with E-state index in [0.717, 1.165) is 6.04 Å². The minimum atomic E-state index is -1.76. The quantitative estimate of drug-likeness (QED) is 0.167. The van der Waals surface area contributed by atoms with E-state index in [-0.39, 0.29) is 19.6 Å². The smallest absolute Gasteiger partial charge is 0.337 e. The fraction of sp³-hybridized carbons (Fsp3) is 0.680. The highest BCUT2D eigenvalue weighted by Crippen LogP contribution is 2.26. The number of nitrogens with two attached hydrogens (primary N) is 1. The number of ether oxygens (including phenoxy) is 2. The van der Waals surface area contributed by atoms with E-state index >= 15 is 0 Å². The highest BCUT2D eigenvalue weighted by atomic mass is 28.3. The summed E-state index contributed by atoms with van der Waals surface area (Å²) >= 11 is 0. The first-order valence-corrected chi connectivity index (χ1v) is 14.9. The van der Waals surface area contributed by atoms with Crippen molar-refractivity contribution in [2.45, 2.75) is 96.3 Å². The summed E-state index contributed by atoms with van der Waals surface area (Å²) in [4.78, 5) is 24.9. The first-order chi connectivity index (χ1) is 14.8. The Morgan fingerprint density at radius 1 is 0.839 bits per heavy atom. The van der Waals surface area contributed by atoms with E-state index in [0.29, 0.717) is 6.42 Å². The molecule has 176 valence electrons. The van der Waals surface area contributed by atoms with Crippen molar-refractivity contribution < 1.29 is 19.1 Å². The average Bonchev–Trinajstić information content (AvgIpc) is 2.77. The second kappa shape index (κ2) is 14.4. The van der Waals surface area contributed by atoms with E-state index in [9.17, 15) is 9.59 Å². The SMILES string of the molecule is CCCCCCCC[Si](C)(CCCC(N)(C(=O)OCC)C(=O)OCC)c1ccccc1. The van der Waals surface area contributed by atoms with Crippen LogP contribution in [-0.4, -0.2) is 38.8 Å². The van der Waals surface area contributed by atoms with Gasteiger partial charge in [-0.15, -0.1) is 0 Å². The minimum Gasteiger partial charge on any atom is -0.464 e. The molecule has 2 N–H and O–H groups in total. The molecule has 0 fully saturated rings. The van der Waals surface area contributed by atoms with Crippen molar-refractivity contribution in [2.75, 3.05) is 13.2 Å². The van der Waals surface area contributed by atoms with E-state index in [2.05, 4.69) is 43.8 Å². The number of hydrogen-bond acceptors (Lipinski definition) is 5. The summed E-state index contributed by atoms with van der Waals surface area (Å²) in [5.74, 6) is -1.38. The third-order valence-corrected chi connectivity index (χ3v) is 10.8. The standard InChI is InChI=1S/C25H43NO4Si/c1-5-8-9-10-11-15-20-31(4,22-17-13-12-14-18-22)21-16-19-25(26,23(27)29-6-2)24(28)30-7-3/h12-14,17-18H,5-11,15-16,19-21,26H2,1-4H3. The van der Waals surface area contributed by atoms with E-state index in [1.165, 1.54) is 49.8 Å². The van der Waals surface area contributed by atoms with Gasteiger partial charge < -0.3 is 15.2 Å². The molecule has 0 saturated carbocycles. The van der Waals surface area contributed by atoms with Gasteiger partial charge in [0.15, 0.2) is 0 Å². The van der Waals surface area contributed by atoms with Crippen LogP contribution >= 0.6 is 0 Å². The topological polar surface area (TPSA) is 78.6 Å². The van der Waals surface area contributed by atoms with Gasteiger partial charge in [0.2, 0.25) is 5.54 Å². The molecular formula is C25H43NO4Si. The molecule has 1 unspecified atom stereocenters. The number of benzene rings is 1. The molecule has 0 aliphatic heterocycles. The first-order valence-electron chi connectivity index (χ1n) is 12.0. The number of carbonyl (C=O) groups is 2. The molecule has 0 amide bonds. The summed E-state index contributed by atoms with van der Waals surface area (Å²) in [5.41, 5.74) is 4.54. The van der Waals surface area contributed by atoms with Gasteiger partial charge in [0.1, 0.15) is 0 Å². The van der Waals surface area contributed by atoms with Gasteiger partial charge in [-0.2, -0.15) is 0 Å². The van der Waals surface area contributed by atoms with Gasteiger partial charge in [0.05, 0.1) is 21.3 Å². The third kappa shape index (κ3) is 8.77. The van der Waals surface area contributed by atoms with Crippen LogP contribution in [0.5, 0.6) is 0 Å². The van der Waals surface area contributed by atoms with Gasteiger partial charge in [0, 0.05) is 0 Å². The first kappa shape index (κ1) is 27.4. The van der Waals surface area contributed by atoms with Crippen molar-refractivity contribution in [2.24, 2.45) is 5.73 Å². The molecule has 0 heterocycles. The van der Waals surface area contributed by atoms with Crippen molar-refractivity contribution in [3.63, 3.8) is 0 Å². The number of hydrogen-bond donors (Lipinski definition) is 1. The molecule has 0 bridgehead atoms. The third-order valence-electron chi connectivity index (χ3n) is 6.13. The lowest BCUT2D eigenvalue weighted by atomic mass is 9.95. The number of unbranched alkanes of at least 4 members (excludes halogenated alkanes) is 5. The van der Waals surface area contributed by atoms with Crippen LogP contribution < -0.4 is 10.9 Å². The van der Waals surface area contributed by atoms with Gasteiger partial charge in [-0.1, -0.05) is 106 Å². The Bertz CT molecular complexity index is 634. The minimum absolute atomic E-state index is 0.186. The fourth-order valence-electron chi connectivity index (χ4n) is 4.11. The number of rotatable bonds is 16. The molecule has 1 rings (SSSR count). The monoisotopic (exact) mass is 449 g/mol. The van der Waals surface area contributed by atoms with Gasteiger partial charge in [-0.05, 0) is 20.3 Å². The van der Waals surface area contributed by atoms with E-state index in [4.69, 9.17) is 15.2 Å². The zero-order valence-electron chi connectivity index (χ0n) is 20.1. The van der Waals surface area contributed by atoms with E-state index < -0.39 is 25.6 Å². The summed E-state index contributed by atoms with van der Waals surface area (Å²) in [6.07, 6.45) is 8.62. The highest BCUT2D eigenvalue weighted by molar-refractivity contribution is 6.90. The van der Waals surface area contributed by atoms with Crippen molar-refractivity contribution in [1.29, 1.82) is 0 Å². The molecule has 0 spiro atoms. The average molecular weight is 450 g/mol. The molecule has 5 nitrogen and oxygen atoms in total. The summed E-state index contributed by atoms with van der Waals surface area (Å²) < 4.78 is 10.2. The van der Waals surface area contributed by atoms with Gasteiger partial charge in [-0.25, -0.2) is 9.59 Å². The normalized spacial score (nSPS) is 13.5. The van der Waals surface area contributed by atoms with Gasteiger partial charge in [-0.3, -0.25) is 0 Å². The van der Waals surface area contributed by atoms with Crippen LogP contribution in [0.3, 0.4) is 0 Å². The second-order valence-corrected chi connectivity index (χ2v) is 13.4. The fourth-order valence-corrected chi connectivity index (χ4v) is 7.93. The van der Waals surface area contributed by atoms with E-state index in [1.807, 2.05) is 0 Å². The molecule has 0 aliphatic carbocycles. The van der Waals surface area contributed by atoms with E-state index in [1.54, 1.807) is 13.8 Å². The Morgan fingerprint density at radius 3 is 1.90 bits per heavy atom. The number of esters is 2. The summed E-state index contributed by atoms with van der Waals surface area (Å²) in [6, 6.07) is 12.9. The zero-order valence-corrected chi connectivity index (χ0v) is 21.1. The highest BCUT2D eigenvalue weighted by Gasteiger charge is 2.45. The molecule has 1 atom stereocenters. The molecule has 0 aliphatic rings. The zero-order chi connectivity index (χ0) is 23.2. The summed E-state index contributed by atoms with van der Waals surface area (Å²) in [7, 11) is -1.76. The van der Waals surface area contributed by atoms with Crippen LogP contribution in [0.4, 0.5) is 0 Å². The Balaban J connectivity index is 2.83. The molecule has 1 aromatic carbocycles. The van der Waals surface area contributed by atoms with Crippen molar-refractivity contribution in [3.8, 4) is 0 Å². The Morgan fingerprint density at radius 2 is 1.35 bits per heavy atom. The van der Waals surface area contributed by atoms with Crippen LogP contribution in [0.2, 0.25) is 18.6 Å². The maximum absolute atomic E-state index is 12.5. The van der Waals surface area contributed by atoms with Gasteiger partial charge in [0.25, 0.3) is 0 Å². The van der Waals surface area contributed by atoms with Crippen LogP contribution in [0.1, 0.15) is 72.1 Å². The second-order valence-electron chi connectivity index (χ2n) is 8.71. The molecule has 0 aromatic heterocycles. The van der Waals surface area contributed by atoms with Crippen molar-refractivity contribution in [1.82, 2.24) is 0 Å². The molecule has 0 radical (unpaired) electrons. The van der Waals surface area contributed by atoms with Crippen molar-refractivity contribution >= 4 is 25.2 Å². The summed E-state index contributed by atoms with van der Waals surface area (Å²) in [6.45, 7) is 8.45. The molecule has 0 saturated heterocycles. The Hall–Kier alpha value is -1.66. The molecular weight excluding hydrogens is 406 g/mol. The Labute approximate surface area is 190 Å². The van der Waals surface area contributed by atoms with Crippen LogP contribution in [-0.2, 0) is 19.1 Å². The predicted molar refractivity (Wildman–Crippen MR) is 130 cm³/mol. The van der Waals surface area contributed by atoms with Crippen molar-refractivity contribution in [3.05, 3.63) is 30.3 Å². The predicted octanol–water partition coefficient (Wildman–Crippen LogP) is 4.94. The van der Waals surface area contributed by atoms with Crippen LogP contribution in [0.15, 0.2) is 30.3 Å². The largest absolute Gasteiger partial charge is 0.464 e. The molecule has 31 heavy (non-hydrogen) atoms. The van der Waals surface area contributed by atoms with Crippen LogP contribution in [0, 0.1) is 0 Å². The van der Waals surface area contributed by atoms with Gasteiger partial charge >= 0.3 is 11.9 Å². The summed E-state index contributed by atoms with van der Waals surface area (Å²) in [5, 5.41) is 1.43.